The normalized spacial score (nSPS) is 12.6. The van der Waals surface area contributed by atoms with E-state index in [1.165, 1.54) is 0 Å². The van der Waals surface area contributed by atoms with Crippen LogP contribution in [0, 0.1) is 6.92 Å². The molecule has 0 aliphatic heterocycles. The van der Waals surface area contributed by atoms with E-state index < -0.39 is 8.32 Å². The molecule has 0 saturated heterocycles. The van der Waals surface area contributed by atoms with Crippen LogP contribution in [0.15, 0.2) is 0 Å². The third kappa shape index (κ3) is 3.84. The second kappa shape index (κ2) is 5.69. The molecule has 106 valence electrons. The lowest BCUT2D eigenvalue weighted by molar-refractivity contribution is 0.111. The highest BCUT2D eigenvalue weighted by molar-refractivity contribution is 6.74. The van der Waals surface area contributed by atoms with Crippen molar-refractivity contribution in [1.29, 1.82) is 0 Å². The molecular weight excluding hydrogens is 280 g/mol. The van der Waals surface area contributed by atoms with Crippen LogP contribution < -0.4 is 0 Å². The maximum absolute atomic E-state index is 11.1. The van der Waals surface area contributed by atoms with Crippen LogP contribution in [0.1, 0.15) is 42.6 Å². The maximum atomic E-state index is 11.1. The molecule has 0 bridgehead atoms. The second-order valence-corrected chi connectivity index (χ2v) is 11.3. The Kier molecular flexibility index (Phi) is 4.87. The molecule has 0 aliphatic carbocycles. The fourth-order valence-electron chi connectivity index (χ4n) is 1.28. The molecule has 6 heteroatoms. The van der Waals surface area contributed by atoms with E-state index in [2.05, 4.69) is 43.8 Å². The lowest BCUT2D eigenvalue weighted by atomic mass is 10.2. The minimum atomic E-state index is -1.89. The second-order valence-electron chi connectivity index (χ2n) is 6.09. The van der Waals surface area contributed by atoms with Crippen LogP contribution in [-0.2, 0) is 11.0 Å². The first-order valence-corrected chi connectivity index (χ1v) is 9.49. The average Bonchev–Trinajstić information content (AvgIpc) is 2.25. The van der Waals surface area contributed by atoms with Gasteiger partial charge in [-0.2, -0.15) is 0 Å². The van der Waals surface area contributed by atoms with Gasteiger partial charge < -0.3 is 4.43 Å². The van der Waals surface area contributed by atoms with Crippen molar-refractivity contribution in [3.8, 4) is 0 Å². The molecule has 0 amide bonds. The summed E-state index contributed by atoms with van der Waals surface area (Å²) in [5.41, 5.74) is 0.892. The molecule has 4 nitrogen and oxygen atoms in total. The van der Waals surface area contributed by atoms with E-state index in [1.54, 1.807) is 6.92 Å². The number of carbonyl (C=O) groups is 1. The molecule has 0 fully saturated rings. The molecule has 0 saturated carbocycles. The number of rotatable bonds is 4. The van der Waals surface area contributed by atoms with Gasteiger partial charge in [0.1, 0.15) is 16.7 Å². The molecule has 0 aromatic carbocycles. The predicted molar refractivity (Wildman–Crippen MR) is 79.2 cm³/mol. The van der Waals surface area contributed by atoms with Crippen LogP contribution in [0.25, 0.3) is 0 Å². The number of aromatic nitrogens is 2. The van der Waals surface area contributed by atoms with E-state index in [0.29, 0.717) is 28.5 Å². The summed E-state index contributed by atoms with van der Waals surface area (Å²) in [4.78, 5) is 19.2. The topological polar surface area (TPSA) is 52.1 Å². The van der Waals surface area contributed by atoms with Gasteiger partial charge in [-0.15, -0.1) is 0 Å². The van der Waals surface area contributed by atoms with Crippen molar-refractivity contribution < 1.29 is 9.22 Å². The van der Waals surface area contributed by atoms with Gasteiger partial charge in [-0.25, -0.2) is 9.97 Å². The summed E-state index contributed by atoms with van der Waals surface area (Å²) in [7, 11) is -1.89. The molecule has 1 aromatic heterocycles. The quantitative estimate of drug-likeness (QED) is 0.482. The summed E-state index contributed by atoms with van der Waals surface area (Å²) in [6.45, 7) is 12.8. The van der Waals surface area contributed by atoms with E-state index in [9.17, 15) is 4.79 Å². The summed E-state index contributed by atoms with van der Waals surface area (Å²) < 4.78 is 6.06. The van der Waals surface area contributed by atoms with E-state index in [1.807, 2.05) is 0 Å². The molecule has 1 rings (SSSR count). The van der Waals surface area contributed by atoms with Gasteiger partial charge in [-0.1, -0.05) is 32.4 Å². The van der Waals surface area contributed by atoms with E-state index in [-0.39, 0.29) is 11.6 Å². The average molecular weight is 301 g/mol. The molecular formula is C13H21ClN2O2Si. The molecule has 0 radical (unpaired) electrons. The number of hydrogen-bond acceptors (Lipinski definition) is 4. The number of aldehydes is 1. The van der Waals surface area contributed by atoms with Gasteiger partial charge >= 0.3 is 0 Å². The molecule has 0 N–H and O–H groups in total. The zero-order valence-electron chi connectivity index (χ0n) is 12.4. The lowest BCUT2D eigenvalue weighted by Gasteiger charge is -2.36. The van der Waals surface area contributed by atoms with Gasteiger partial charge in [0.25, 0.3) is 0 Å². The Labute approximate surface area is 120 Å². The van der Waals surface area contributed by atoms with E-state index in [0.717, 1.165) is 0 Å². The van der Waals surface area contributed by atoms with Crippen molar-refractivity contribution in [2.75, 3.05) is 0 Å². The SMILES string of the molecule is Cc1nc(Cl)c(CO[Si](C)(C)C(C)(C)C)c(C=O)n1. The van der Waals surface area contributed by atoms with Crippen molar-refractivity contribution in [3.63, 3.8) is 0 Å². The Morgan fingerprint density at radius 1 is 1.32 bits per heavy atom. The Morgan fingerprint density at radius 3 is 2.37 bits per heavy atom. The first-order valence-electron chi connectivity index (χ1n) is 6.20. The largest absolute Gasteiger partial charge is 0.412 e. The zero-order chi connectivity index (χ0) is 14.8. The summed E-state index contributed by atoms with van der Waals surface area (Å²) in [6.07, 6.45) is 0.699. The number of nitrogens with zero attached hydrogens (tertiary/aromatic N) is 2. The van der Waals surface area contributed by atoms with E-state index in [4.69, 9.17) is 16.0 Å². The van der Waals surface area contributed by atoms with Gasteiger partial charge in [-0.05, 0) is 25.1 Å². The molecule has 1 heterocycles. The highest BCUT2D eigenvalue weighted by atomic mass is 35.5. The van der Waals surface area contributed by atoms with Crippen molar-refractivity contribution in [2.24, 2.45) is 0 Å². The van der Waals surface area contributed by atoms with Gasteiger partial charge in [-0.3, -0.25) is 4.79 Å². The summed E-state index contributed by atoms with van der Waals surface area (Å²) in [6, 6.07) is 0. The highest BCUT2D eigenvalue weighted by Gasteiger charge is 2.37. The van der Waals surface area contributed by atoms with Crippen LogP contribution >= 0.6 is 11.6 Å². The maximum Gasteiger partial charge on any atom is 0.192 e. The smallest absolute Gasteiger partial charge is 0.192 e. The minimum absolute atomic E-state index is 0.104. The van der Waals surface area contributed by atoms with Gasteiger partial charge in [0.2, 0.25) is 0 Å². The fraction of sp³-hybridized carbons (Fsp3) is 0.615. The van der Waals surface area contributed by atoms with Gasteiger partial charge in [0.05, 0.1) is 6.61 Å². The predicted octanol–water partition coefficient (Wildman–Crippen LogP) is 3.77. The summed E-state index contributed by atoms with van der Waals surface area (Å²) in [5, 5.41) is 0.403. The van der Waals surface area contributed by atoms with Crippen molar-refractivity contribution in [3.05, 3.63) is 22.2 Å². The first kappa shape index (κ1) is 16.3. The first-order chi connectivity index (χ1) is 8.58. The van der Waals surface area contributed by atoms with Crippen LogP contribution in [0.3, 0.4) is 0 Å². The monoisotopic (exact) mass is 300 g/mol. The Morgan fingerprint density at radius 2 is 1.89 bits per heavy atom. The van der Waals surface area contributed by atoms with Crippen molar-refractivity contribution in [2.45, 2.75) is 52.4 Å². The Bertz CT molecular complexity index is 484. The highest BCUT2D eigenvalue weighted by Crippen LogP contribution is 2.37. The zero-order valence-corrected chi connectivity index (χ0v) is 14.1. The fourth-order valence-corrected chi connectivity index (χ4v) is 2.49. The Balaban J connectivity index is 2.99. The van der Waals surface area contributed by atoms with Gasteiger partial charge in [0.15, 0.2) is 14.6 Å². The molecule has 0 aliphatic rings. The summed E-state index contributed by atoms with van der Waals surface area (Å²) in [5.74, 6) is 0.489. The molecule has 0 unspecified atom stereocenters. The van der Waals surface area contributed by atoms with Crippen LogP contribution in [0.2, 0.25) is 23.3 Å². The molecule has 19 heavy (non-hydrogen) atoms. The Hall–Kier alpha value is -0.783. The molecule has 0 spiro atoms. The van der Waals surface area contributed by atoms with Crippen LogP contribution in [0.4, 0.5) is 0 Å². The summed E-state index contributed by atoms with van der Waals surface area (Å²) >= 11 is 6.08. The van der Waals surface area contributed by atoms with Crippen LogP contribution in [0.5, 0.6) is 0 Å². The number of carbonyl (C=O) groups excluding carboxylic acids is 1. The third-order valence-corrected chi connectivity index (χ3v) is 8.39. The van der Waals surface area contributed by atoms with Crippen LogP contribution in [-0.4, -0.2) is 24.6 Å². The molecule has 1 aromatic rings. The van der Waals surface area contributed by atoms with E-state index >= 15 is 0 Å². The number of hydrogen-bond donors (Lipinski definition) is 0. The van der Waals surface area contributed by atoms with Crippen molar-refractivity contribution in [1.82, 2.24) is 9.97 Å². The number of aryl methyl sites for hydroxylation is 1. The van der Waals surface area contributed by atoms with Gasteiger partial charge in [0, 0.05) is 5.56 Å². The number of halogens is 1. The third-order valence-electron chi connectivity index (χ3n) is 3.60. The lowest BCUT2D eigenvalue weighted by Crippen LogP contribution is -2.40. The minimum Gasteiger partial charge on any atom is -0.412 e. The molecule has 0 atom stereocenters. The van der Waals surface area contributed by atoms with Crippen molar-refractivity contribution >= 4 is 26.2 Å². The standard InChI is InChI=1S/C13H21ClN2O2Si/c1-9-15-11(7-17)10(12(14)16-9)8-18-19(5,6)13(2,3)4/h7H,8H2,1-6H3.